The van der Waals surface area contributed by atoms with Crippen LogP contribution in [0.1, 0.15) is 46.5 Å². The highest BCUT2D eigenvalue weighted by molar-refractivity contribution is 6.23. The first-order valence-corrected chi connectivity index (χ1v) is 9.24. The van der Waals surface area contributed by atoms with E-state index in [2.05, 4.69) is 5.32 Å². The van der Waals surface area contributed by atoms with Crippen molar-refractivity contribution in [3.63, 3.8) is 0 Å². The lowest BCUT2D eigenvalue weighted by atomic mass is 10.0. The van der Waals surface area contributed by atoms with Crippen molar-refractivity contribution in [1.82, 2.24) is 4.90 Å². The number of benzene rings is 2. The normalized spacial score (nSPS) is 14.1. The van der Waals surface area contributed by atoms with Crippen LogP contribution in [0.25, 0.3) is 0 Å². The van der Waals surface area contributed by atoms with Crippen molar-refractivity contribution in [2.45, 2.75) is 33.2 Å². The summed E-state index contributed by atoms with van der Waals surface area (Å²) < 4.78 is 0. The molecule has 0 saturated heterocycles. The molecule has 0 fully saturated rings. The molecule has 2 aromatic rings. The number of nitro benzene ring substituents is 1. The van der Waals surface area contributed by atoms with Crippen LogP contribution in [0.3, 0.4) is 0 Å². The van der Waals surface area contributed by atoms with Gasteiger partial charge in [0.15, 0.2) is 0 Å². The van der Waals surface area contributed by atoms with Gasteiger partial charge in [0.25, 0.3) is 17.5 Å². The Hall–Kier alpha value is -3.55. The van der Waals surface area contributed by atoms with Gasteiger partial charge in [-0.05, 0) is 37.5 Å². The molecule has 0 aromatic heterocycles. The van der Waals surface area contributed by atoms with E-state index in [0.717, 1.165) is 4.90 Å². The molecule has 2 aromatic carbocycles. The standard InChI is InChI=1S/C21H21N3O5/c1-12(2)11-18(23-20(26)14-7-4-5-8-15(14)21(23)27)19(25)22-16-9-6-10-17(13(16)3)24(28)29/h4-10,12,18H,11H2,1-3H3,(H,22,25). The topological polar surface area (TPSA) is 110 Å². The van der Waals surface area contributed by atoms with Gasteiger partial charge in [0.05, 0.1) is 27.3 Å². The van der Waals surface area contributed by atoms with Crippen molar-refractivity contribution in [3.05, 3.63) is 69.3 Å². The number of anilines is 1. The van der Waals surface area contributed by atoms with Gasteiger partial charge in [0.2, 0.25) is 5.91 Å². The predicted octanol–water partition coefficient (Wildman–Crippen LogP) is 3.55. The van der Waals surface area contributed by atoms with Gasteiger partial charge in [0.1, 0.15) is 6.04 Å². The van der Waals surface area contributed by atoms with E-state index in [-0.39, 0.29) is 34.8 Å². The number of hydrogen-bond acceptors (Lipinski definition) is 5. The summed E-state index contributed by atoms with van der Waals surface area (Å²) in [4.78, 5) is 50.4. The smallest absolute Gasteiger partial charge is 0.274 e. The second-order valence-corrected chi connectivity index (χ2v) is 7.37. The Morgan fingerprint density at radius 2 is 1.66 bits per heavy atom. The summed E-state index contributed by atoms with van der Waals surface area (Å²) in [6.07, 6.45) is 0.269. The van der Waals surface area contributed by atoms with Crippen LogP contribution >= 0.6 is 0 Å². The first-order valence-electron chi connectivity index (χ1n) is 9.24. The Bertz CT molecular complexity index is 980. The van der Waals surface area contributed by atoms with Crippen LogP contribution in [0.2, 0.25) is 0 Å². The molecule has 1 unspecified atom stereocenters. The fourth-order valence-electron chi connectivity index (χ4n) is 3.44. The van der Waals surface area contributed by atoms with Crippen molar-refractivity contribution in [3.8, 4) is 0 Å². The van der Waals surface area contributed by atoms with E-state index in [1.54, 1.807) is 30.3 Å². The Morgan fingerprint density at radius 1 is 1.07 bits per heavy atom. The van der Waals surface area contributed by atoms with Crippen molar-refractivity contribution < 1.29 is 19.3 Å². The maximum atomic E-state index is 13.1. The van der Waals surface area contributed by atoms with Crippen LogP contribution in [0.15, 0.2) is 42.5 Å². The van der Waals surface area contributed by atoms with Crippen molar-refractivity contribution in [1.29, 1.82) is 0 Å². The summed E-state index contributed by atoms with van der Waals surface area (Å²) in [6, 6.07) is 9.79. The fraction of sp³-hybridized carbons (Fsp3) is 0.286. The van der Waals surface area contributed by atoms with Gasteiger partial charge in [-0.15, -0.1) is 0 Å². The quantitative estimate of drug-likeness (QED) is 0.457. The first kappa shape index (κ1) is 20.2. The molecule has 8 heteroatoms. The number of carbonyl (C=O) groups is 3. The number of carbonyl (C=O) groups excluding carboxylic acids is 3. The largest absolute Gasteiger partial charge is 0.324 e. The van der Waals surface area contributed by atoms with Gasteiger partial charge in [0, 0.05) is 6.07 Å². The molecule has 3 amide bonds. The minimum absolute atomic E-state index is 0.0290. The number of nitrogens with one attached hydrogen (secondary N) is 1. The van der Waals surface area contributed by atoms with Crippen LogP contribution in [-0.4, -0.2) is 33.6 Å². The van der Waals surface area contributed by atoms with Crippen molar-refractivity contribution in [2.75, 3.05) is 5.32 Å². The van der Waals surface area contributed by atoms with E-state index >= 15 is 0 Å². The highest BCUT2D eigenvalue weighted by Crippen LogP contribution is 2.29. The number of hydrogen-bond donors (Lipinski definition) is 1. The van der Waals surface area contributed by atoms with Crippen LogP contribution in [0, 0.1) is 23.0 Å². The third-order valence-electron chi connectivity index (χ3n) is 4.89. The molecule has 0 bridgehead atoms. The summed E-state index contributed by atoms with van der Waals surface area (Å²) in [5, 5.41) is 13.8. The van der Waals surface area contributed by atoms with E-state index in [1.165, 1.54) is 19.1 Å². The van der Waals surface area contributed by atoms with Crippen LogP contribution in [-0.2, 0) is 4.79 Å². The van der Waals surface area contributed by atoms with Crippen LogP contribution in [0.5, 0.6) is 0 Å². The summed E-state index contributed by atoms with van der Waals surface area (Å²) in [5.74, 6) is -1.55. The Balaban J connectivity index is 1.94. The van der Waals surface area contributed by atoms with Gasteiger partial charge in [-0.25, -0.2) is 0 Å². The number of fused-ring (bicyclic) bond motifs is 1. The van der Waals surface area contributed by atoms with Gasteiger partial charge >= 0.3 is 0 Å². The van der Waals surface area contributed by atoms with Gasteiger partial charge in [-0.3, -0.25) is 29.4 Å². The molecule has 1 N–H and O–H groups in total. The minimum Gasteiger partial charge on any atom is -0.324 e. The number of nitro groups is 1. The van der Waals surface area contributed by atoms with Crippen LogP contribution in [0.4, 0.5) is 11.4 Å². The summed E-state index contributed by atoms with van der Waals surface area (Å²) in [7, 11) is 0. The molecule has 150 valence electrons. The number of amides is 3. The number of imide groups is 1. The molecular weight excluding hydrogens is 374 g/mol. The van der Waals surface area contributed by atoms with E-state index < -0.39 is 28.7 Å². The maximum Gasteiger partial charge on any atom is 0.274 e. The Labute approximate surface area is 167 Å². The zero-order valence-corrected chi connectivity index (χ0v) is 16.3. The average Bonchev–Trinajstić information content (AvgIpc) is 2.92. The molecule has 1 atom stereocenters. The third-order valence-corrected chi connectivity index (χ3v) is 4.89. The van der Waals surface area contributed by atoms with Crippen molar-refractivity contribution >= 4 is 29.1 Å². The molecule has 0 aliphatic carbocycles. The highest BCUT2D eigenvalue weighted by atomic mass is 16.6. The first-order chi connectivity index (χ1) is 13.7. The van der Waals surface area contributed by atoms with E-state index in [1.807, 2.05) is 13.8 Å². The zero-order valence-electron chi connectivity index (χ0n) is 16.3. The van der Waals surface area contributed by atoms with Gasteiger partial charge in [-0.2, -0.15) is 0 Å². The molecule has 3 rings (SSSR count). The lowest BCUT2D eigenvalue weighted by Gasteiger charge is -2.27. The zero-order chi connectivity index (χ0) is 21.3. The number of rotatable bonds is 6. The predicted molar refractivity (Wildman–Crippen MR) is 107 cm³/mol. The minimum atomic E-state index is -1.03. The molecular formula is C21H21N3O5. The monoisotopic (exact) mass is 395 g/mol. The summed E-state index contributed by atoms with van der Waals surface area (Å²) in [5.41, 5.74) is 0.992. The summed E-state index contributed by atoms with van der Waals surface area (Å²) >= 11 is 0. The second kappa shape index (κ2) is 7.83. The van der Waals surface area contributed by atoms with Gasteiger partial charge in [-0.1, -0.05) is 32.0 Å². The molecule has 1 aliphatic rings. The fourth-order valence-corrected chi connectivity index (χ4v) is 3.44. The molecule has 8 nitrogen and oxygen atoms in total. The average molecular weight is 395 g/mol. The molecule has 0 saturated carbocycles. The molecule has 29 heavy (non-hydrogen) atoms. The highest BCUT2D eigenvalue weighted by Gasteiger charge is 2.42. The lowest BCUT2D eigenvalue weighted by molar-refractivity contribution is -0.385. The maximum absolute atomic E-state index is 13.1. The SMILES string of the molecule is Cc1c(NC(=O)C(CC(C)C)N2C(=O)c3ccccc3C2=O)cccc1[N+](=O)[O-]. The third kappa shape index (κ3) is 3.73. The second-order valence-electron chi connectivity index (χ2n) is 7.37. The molecule has 1 aliphatic heterocycles. The molecule has 0 radical (unpaired) electrons. The molecule has 0 spiro atoms. The Kier molecular flexibility index (Phi) is 5.45. The molecule has 1 heterocycles. The number of nitrogens with zero attached hydrogens (tertiary/aromatic N) is 2. The van der Waals surface area contributed by atoms with E-state index in [4.69, 9.17) is 0 Å². The lowest BCUT2D eigenvalue weighted by Crippen LogP contribution is -2.48. The van der Waals surface area contributed by atoms with E-state index in [0.29, 0.717) is 5.56 Å². The summed E-state index contributed by atoms with van der Waals surface area (Å²) in [6.45, 7) is 5.31. The van der Waals surface area contributed by atoms with E-state index in [9.17, 15) is 24.5 Å². The van der Waals surface area contributed by atoms with Crippen LogP contribution < -0.4 is 5.32 Å². The Morgan fingerprint density at radius 3 is 2.17 bits per heavy atom. The van der Waals surface area contributed by atoms with Gasteiger partial charge < -0.3 is 5.32 Å². The van der Waals surface area contributed by atoms with Crippen molar-refractivity contribution in [2.24, 2.45) is 5.92 Å².